The molecule has 1 heterocycles. The van der Waals surface area contributed by atoms with Crippen LogP contribution in [0, 0.1) is 0 Å². The van der Waals surface area contributed by atoms with Crippen molar-refractivity contribution in [1.29, 1.82) is 0 Å². The van der Waals surface area contributed by atoms with E-state index in [2.05, 4.69) is 11.8 Å². The molecule has 92 valence electrons. The standard InChI is InChI=1S/C13H17NO3/c1-10-9-17-7-6-14(10)8-11-2-4-12(5-3-11)13(15)16/h2-5,10H,6-9H2,1H3,(H,15,16). The second-order valence-electron chi connectivity index (χ2n) is 4.40. The number of hydrogen-bond acceptors (Lipinski definition) is 3. The Hall–Kier alpha value is -1.39. The van der Waals surface area contributed by atoms with Crippen LogP contribution in [0.15, 0.2) is 24.3 Å². The highest BCUT2D eigenvalue weighted by molar-refractivity contribution is 5.87. The van der Waals surface area contributed by atoms with Gasteiger partial charge in [-0.3, -0.25) is 4.90 Å². The summed E-state index contributed by atoms with van der Waals surface area (Å²) >= 11 is 0. The third-order valence-corrected chi connectivity index (χ3v) is 3.09. The molecule has 1 N–H and O–H groups in total. The van der Waals surface area contributed by atoms with Gasteiger partial charge in [-0.2, -0.15) is 0 Å². The maximum absolute atomic E-state index is 10.7. The first-order valence-electron chi connectivity index (χ1n) is 5.81. The van der Waals surface area contributed by atoms with E-state index in [1.165, 1.54) is 0 Å². The minimum Gasteiger partial charge on any atom is -0.478 e. The van der Waals surface area contributed by atoms with E-state index in [4.69, 9.17) is 9.84 Å². The van der Waals surface area contributed by atoms with Crippen LogP contribution in [0.25, 0.3) is 0 Å². The number of carboxylic acid groups (broad SMARTS) is 1. The zero-order chi connectivity index (χ0) is 12.3. The molecule has 0 saturated carbocycles. The molecular formula is C13H17NO3. The molecule has 1 unspecified atom stereocenters. The summed E-state index contributed by atoms with van der Waals surface area (Å²) in [5.41, 5.74) is 1.48. The van der Waals surface area contributed by atoms with Crippen LogP contribution in [0.2, 0.25) is 0 Å². The molecule has 2 rings (SSSR count). The van der Waals surface area contributed by atoms with Gasteiger partial charge in [0.2, 0.25) is 0 Å². The predicted octanol–water partition coefficient (Wildman–Crippen LogP) is 1.61. The molecule has 1 aromatic carbocycles. The van der Waals surface area contributed by atoms with Crippen LogP contribution < -0.4 is 0 Å². The molecule has 0 amide bonds. The van der Waals surface area contributed by atoms with Gasteiger partial charge < -0.3 is 9.84 Å². The molecule has 0 aromatic heterocycles. The summed E-state index contributed by atoms with van der Waals surface area (Å²) in [6, 6.07) is 7.49. The summed E-state index contributed by atoms with van der Waals surface area (Å²) < 4.78 is 5.38. The summed E-state index contributed by atoms with van der Waals surface area (Å²) in [4.78, 5) is 13.1. The Morgan fingerprint density at radius 1 is 1.47 bits per heavy atom. The quantitative estimate of drug-likeness (QED) is 0.864. The molecular weight excluding hydrogens is 218 g/mol. The zero-order valence-corrected chi connectivity index (χ0v) is 9.93. The Balaban J connectivity index is 2.00. The first kappa shape index (κ1) is 12.1. The van der Waals surface area contributed by atoms with Crippen LogP contribution in [-0.4, -0.2) is 41.8 Å². The largest absolute Gasteiger partial charge is 0.478 e. The third kappa shape index (κ3) is 3.05. The maximum atomic E-state index is 10.7. The van der Waals surface area contributed by atoms with E-state index in [1.54, 1.807) is 12.1 Å². The van der Waals surface area contributed by atoms with Crippen LogP contribution in [0.3, 0.4) is 0 Å². The molecule has 1 saturated heterocycles. The normalized spacial score (nSPS) is 21.4. The van der Waals surface area contributed by atoms with Gasteiger partial charge >= 0.3 is 5.97 Å². The second-order valence-corrected chi connectivity index (χ2v) is 4.40. The number of benzene rings is 1. The molecule has 1 aliphatic heterocycles. The van der Waals surface area contributed by atoms with Crippen LogP contribution in [0.1, 0.15) is 22.8 Å². The van der Waals surface area contributed by atoms with E-state index in [9.17, 15) is 4.79 Å². The van der Waals surface area contributed by atoms with E-state index in [1.807, 2.05) is 12.1 Å². The molecule has 0 spiro atoms. The molecule has 1 fully saturated rings. The van der Waals surface area contributed by atoms with Crippen LogP contribution in [-0.2, 0) is 11.3 Å². The van der Waals surface area contributed by atoms with E-state index >= 15 is 0 Å². The first-order chi connectivity index (χ1) is 8.16. The highest BCUT2D eigenvalue weighted by atomic mass is 16.5. The van der Waals surface area contributed by atoms with Gasteiger partial charge in [0, 0.05) is 19.1 Å². The molecule has 0 bridgehead atoms. The second kappa shape index (κ2) is 5.29. The Kier molecular flexibility index (Phi) is 3.76. The highest BCUT2D eigenvalue weighted by Gasteiger charge is 2.18. The summed E-state index contributed by atoms with van der Waals surface area (Å²) in [6.07, 6.45) is 0. The molecule has 17 heavy (non-hydrogen) atoms. The summed E-state index contributed by atoms with van der Waals surface area (Å²) in [7, 11) is 0. The smallest absolute Gasteiger partial charge is 0.335 e. The number of aromatic carboxylic acids is 1. The lowest BCUT2D eigenvalue weighted by atomic mass is 10.1. The first-order valence-corrected chi connectivity index (χ1v) is 5.81. The summed E-state index contributed by atoms with van der Waals surface area (Å²) in [5, 5.41) is 8.81. The van der Waals surface area contributed by atoms with Crippen molar-refractivity contribution >= 4 is 5.97 Å². The van der Waals surface area contributed by atoms with Gasteiger partial charge in [0.1, 0.15) is 0 Å². The van der Waals surface area contributed by atoms with Crippen LogP contribution >= 0.6 is 0 Å². The number of carbonyl (C=O) groups is 1. The Morgan fingerprint density at radius 2 is 2.18 bits per heavy atom. The van der Waals surface area contributed by atoms with Crippen molar-refractivity contribution in [3.05, 3.63) is 35.4 Å². The van der Waals surface area contributed by atoms with Gasteiger partial charge in [-0.05, 0) is 24.6 Å². The van der Waals surface area contributed by atoms with Crippen molar-refractivity contribution in [2.75, 3.05) is 19.8 Å². The monoisotopic (exact) mass is 235 g/mol. The fourth-order valence-electron chi connectivity index (χ4n) is 1.98. The summed E-state index contributed by atoms with van der Waals surface area (Å²) in [6.45, 7) is 5.47. The van der Waals surface area contributed by atoms with E-state index in [-0.39, 0.29) is 0 Å². The molecule has 1 atom stereocenters. The lowest BCUT2D eigenvalue weighted by molar-refractivity contribution is -0.00436. The Labute approximate surface area is 101 Å². The molecule has 4 heteroatoms. The average molecular weight is 235 g/mol. The van der Waals surface area contributed by atoms with E-state index < -0.39 is 5.97 Å². The highest BCUT2D eigenvalue weighted by Crippen LogP contribution is 2.12. The number of carboxylic acids is 1. The van der Waals surface area contributed by atoms with Gasteiger partial charge in [-0.25, -0.2) is 4.79 Å². The number of nitrogens with zero attached hydrogens (tertiary/aromatic N) is 1. The van der Waals surface area contributed by atoms with Crippen molar-refractivity contribution in [1.82, 2.24) is 4.90 Å². The lowest BCUT2D eigenvalue weighted by Gasteiger charge is -2.33. The van der Waals surface area contributed by atoms with E-state index in [0.717, 1.165) is 31.9 Å². The van der Waals surface area contributed by atoms with Crippen molar-refractivity contribution < 1.29 is 14.6 Å². The fourth-order valence-corrected chi connectivity index (χ4v) is 1.98. The van der Waals surface area contributed by atoms with Crippen LogP contribution in [0.4, 0.5) is 0 Å². The predicted molar refractivity (Wildman–Crippen MR) is 64.1 cm³/mol. The van der Waals surface area contributed by atoms with Crippen molar-refractivity contribution in [2.45, 2.75) is 19.5 Å². The zero-order valence-electron chi connectivity index (χ0n) is 9.93. The summed E-state index contributed by atoms with van der Waals surface area (Å²) in [5.74, 6) is -0.878. The fraction of sp³-hybridized carbons (Fsp3) is 0.462. The number of rotatable bonds is 3. The average Bonchev–Trinajstić information content (AvgIpc) is 2.33. The van der Waals surface area contributed by atoms with Gasteiger partial charge in [-0.1, -0.05) is 12.1 Å². The van der Waals surface area contributed by atoms with Gasteiger partial charge in [0.25, 0.3) is 0 Å². The molecule has 0 radical (unpaired) electrons. The van der Waals surface area contributed by atoms with Gasteiger partial charge in [-0.15, -0.1) is 0 Å². The number of morpholine rings is 1. The van der Waals surface area contributed by atoms with E-state index in [0.29, 0.717) is 11.6 Å². The molecule has 1 aromatic rings. The Bertz CT molecular complexity index is 388. The third-order valence-electron chi connectivity index (χ3n) is 3.09. The van der Waals surface area contributed by atoms with Gasteiger partial charge in [0.15, 0.2) is 0 Å². The van der Waals surface area contributed by atoms with Crippen LogP contribution in [0.5, 0.6) is 0 Å². The SMILES string of the molecule is CC1COCCN1Cc1ccc(C(=O)O)cc1. The minimum absolute atomic E-state index is 0.337. The molecule has 0 aliphatic carbocycles. The van der Waals surface area contributed by atoms with Crippen molar-refractivity contribution in [2.24, 2.45) is 0 Å². The minimum atomic E-state index is -0.878. The lowest BCUT2D eigenvalue weighted by Crippen LogP contribution is -2.42. The molecule has 4 nitrogen and oxygen atoms in total. The number of hydrogen-bond donors (Lipinski definition) is 1. The molecule has 1 aliphatic rings. The van der Waals surface area contributed by atoms with Crippen molar-refractivity contribution in [3.8, 4) is 0 Å². The van der Waals surface area contributed by atoms with Gasteiger partial charge in [0.05, 0.1) is 18.8 Å². The van der Waals surface area contributed by atoms with Crippen molar-refractivity contribution in [3.63, 3.8) is 0 Å². The topological polar surface area (TPSA) is 49.8 Å². The Morgan fingerprint density at radius 3 is 2.76 bits per heavy atom. The maximum Gasteiger partial charge on any atom is 0.335 e. The number of ether oxygens (including phenoxy) is 1.